The molecule has 1 spiro atoms. The Morgan fingerprint density at radius 1 is 1.10 bits per heavy atom. The van der Waals surface area contributed by atoms with Crippen molar-refractivity contribution in [1.82, 2.24) is 15.5 Å². The summed E-state index contributed by atoms with van der Waals surface area (Å²) >= 11 is 5.88. The highest BCUT2D eigenvalue weighted by atomic mass is 35.5. The molecule has 1 saturated carbocycles. The normalized spacial score (nSPS) is 17.2. The molecule has 0 aromatic heterocycles. The molecule has 1 saturated heterocycles. The summed E-state index contributed by atoms with van der Waals surface area (Å²) in [5, 5.41) is 6.53. The van der Waals surface area contributed by atoms with E-state index in [1.54, 1.807) is 31.4 Å². The Morgan fingerprint density at radius 3 is 2.38 bits per heavy atom. The van der Waals surface area contributed by atoms with Gasteiger partial charge in [0.2, 0.25) is 0 Å². The number of halogens is 1. The van der Waals surface area contributed by atoms with Crippen molar-refractivity contribution < 1.29 is 14.3 Å². The van der Waals surface area contributed by atoms with Gasteiger partial charge in [-0.05, 0) is 54.8 Å². The number of rotatable bonds is 5. The molecule has 0 bridgehead atoms. The van der Waals surface area contributed by atoms with Crippen LogP contribution in [-0.4, -0.2) is 43.1 Å². The van der Waals surface area contributed by atoms with Gasteiger partial charge < -0.3 is 20.3 Å². The first kappa shape index (κ1) is 19.6. The minimum absolute atomic E-state index is 0.0425. The van der Waals surface area contributed by atoms with Crippen LogP contribution in [0.5, 0.6) is 5.75 Å². The summed E-state index contributed by atoms with van der Waals surface area (Å²) in [5.74, 6) is 0.836. The van der Waals surface area contributed by atoms with Crippen molar-refractivity contribution >= 4 is 23.5 Å². The molecule has 0 radical (unpaired) electrons. The van der Waals surface area contributed by atoms with Crippen LogP contribution >= 0.6 is 11.6 Å². The summed E-state index contributed by atoms with van der Waals surface area (Å²) in [4.78, 5) is 26.5. The zero-order valence-corrected chi connectivity index (χ0v) is 17.0. The number of carbonyl (C=O) groups is 2. The summed E-state index contributed by atoms with van der Waals surface area (Å²) in [6.07, 6.45) is 1.82. The number of hydrogen-bond acceptors (Lipinski definition) is 3. The Balaban J connectivity index is 1.17. The molecule has 6 nitrogen and oxygen atoms in total. The summed E-state index contributed by atoms with van der Waals surface area (Å²) in [6, 6.07) is 14.6. The number of hydrogen-bond donors (Lipinski definition) is 2. The fourth-order valence-electron chi connectivity index (χ4n) is 4.19. The molecule has 2 aliphatic rings. The molecule has 2 N–H and O–H groups in total. The second-order valence-corrected chi connectivity index (χ2v) is 8.38. The van der Waals surface area contributed by atoms with Crippen molar-refractivity contribution in [2.45, 2.75) is 25.4 Å². The third kappa shape index (κ3) is 4.32. The summed E-state index contributed by atoms with van der Waals surface area (Å²) in [6.45, 7) is 1.97. The highest BCUT2D eigenvalue weighted by Crippen LogP contribution is 2.48. The number of benzene rings is 2. The molecule has 0 atom stereocenters. The van der Waals surface area contributed by atoms with Crippen molar-refractivity contribution in [3.63, 3.8) is 0 Å². The van der Waals surface area contributed by atoms with Crippen molar-refractivity contribution in [2.75, 3.05) is 20.2 Å². The van der Waals surface area contributed by atoms with Crippen LogP contribution in [-0.2, 0) is 6.54 Å². The molecule has 152 valence electrons. The van der Waals surface area contributed by atoms with Gasteiger partial charge in [0.25, 0.3) is 5.91 Å². The smallest absolute Gasteiger partial charge is 0.315 e. The largest absolute Gasteiger partial charge is 0.497 e. The topological polar surface area (TPSA) is 70.7 Å². The van der Waals surface area contributed by atoms with Crippen LogP contribution in [0.1, 0.15) is 28.8 Å². The predicted molar refractivity (Wildman–Crippen MR) is 111 cm³/mol. The molecule has 2 aromatic carbocycles. The van der Waals surface area contributed by atoms with E-state index < -0.39 is 0 Å². The molecule has 1 aliphatic carbocycles. The number of methoxy groups -OCH3 is 1. The van der Waals surface area contributed by atoms with Crippen molar-refractivity contribution in [3.8, 4) is 5.75 Å². The third-order valence-corrected chi connectivity index (χ3v) is 5.99. The van der Waals surface area contributed by atoms with Crippen molar-refractivity contribution in [2.24, 2.45) is 5.41 Å². The Kier molecular flexibility index (Phi) is 5.37. The summed E-state index contributed by atoms with van der Waals surface area (Å²) < 4.78 is 5.13. The van der Waals surface area contributed by atoms with Crippen LogP contribution in [0.3, 0.4) is 0 Å². The lowest BCUT2D eigenvalue weighted by atomic mass is 9.60. The third-order valence-electron chi connectivity index (χ3n) is 5.74. The van der Waals surface area contributed by atoms with Crippen LogP contribution in [0, 0.1) is 5.41 Å². The van der Waals surface area contributed by atoms with E-state index >= 15 is 0 Å². The van der Waals surface area contributed by atoms with Gasteiger partial charge in [0.05, 0.1) is 7.11 Å². The first-order valence-electron chi connectivity index (χ1n) is 9.68. The van der Waals surface area contributed by atoms with E-state index in [0.29, 0.717) is 17.1 Å². The number of carbonyl (C=O) groups excluding carboxylic acids is 2. The lowest BCUT2D eigenvalue weighted by Gasteiger charge is -2.59. The minimum Gasteiger partial charge on any atom is -0.497 e. The molecule has 1 aliphatic heterocycles. The zero-order chi connectivity index (χ0) is 20.4. The van der Waals surface area contributed by atoms with E-state index in [0.717, 1.165) is 37.2 Å². The summed E-state index contributed by atoms with van der Waals surface area (Å²) in [5.41, 5.74) is 1.84. The highest BCUT2D eigenvalue weighted by Gasteiger charge is 2.54. The van der Waals surface area contributed by atoms with E-state index in [4.69, 9.17) is 16.3 Å². The van der Waals surface area contributed by atoms with Crippen LogP contribution in [0.4, 0.5) is 4.79 Å². The molecule has 0 unspecified atom stereocenters. The van der Waals surface area contributed by atoms with Gasteiger partial charge in [0, 0.05) is 41.7 Å². The lowest BCUT2D eigenvalue weighted by molar-refractivity contribution is -0.0585. The standard InChI is InChI=1S/C22H24ClN3O3/c1-29-19-8-2-15(3-9-19)12-24-21(28)25-18-10-22(11-18)13-26(14-22)20(27)16-4-6-17(23)7-5-16/h2-9,18H,10-14H2,1H3,(H2,24,25,28). The Bertz CT molecular complexity index is 885. The van der Waals surface area contributed by atoms with Gasteiger partial charge in [0.15, 0.2) is 0 Å². The SMILES string of the molecule is COc1ccc(CNC(=O)NC2CC3(C2)CN(C(=O)c2ccc(Cl)cc2)C3)cc1. The number of urea groups is 1. The monoisotopic (exact) mass is 413 g/mol. The van der Waals surface area contributed by atoms with E-state index in [1.807, 2.05) is 29.2 Å². The highest BCUT2D eigenvalue weighted by molar-refractivity contribution is 6.30. The second kappa shape index (κ2) is 7.95. The van der Waals surface area contributed by atoms with Crippen molar-refractivity contribution in [1.29, 1.82) is 0 Å². The van der Waals surface area contributed by atoms with Crippen LogP contribution in [0.15, 0.2) is 48.5 Å². The number of likely N-dealkylation sites (tertiary alicyclic amines) is 1. The number of ether oxygens (including phenoxy) is 1. The van der Waals surface area contributed by atoms with Gasteiger partial charge in [-0.15, -0.1) is 0 Å². The Morgan fingerprint density at radius 2 is 1.76 bits per heavy atom. The molecule has 2 fully saturated rings. The molecule has 1 heterocycles. The van der Waals surface area contributed by atoms with Crippen LogP contribution in [0.25, 0.3) is 0 Å². The maximum absolute atomic E-state index is 12.5. The van der Waals surface area contributed by atoms with E-state index in [-0.39, 0.29) is 23.4 Å². The van der Waals surface area contributed by atoms with Gasteiger partial charge in [-0.25, -0.2) is 4.79 Å². The summed E-state index contributed by atoms with van der Waals surface area (Å²) in [7, 11) is 1.63. The quantitative estimate of drug-likeness (QED) is 0.788. The molecular formula is C22H24ClN3O3. The molecule has 29 heavy (non-hydrogen) atoms. The lowest BCUT2D eigenvalue weighted by Crippen LogP contribution is -2.67. The minimum atomic E-state index is -0.158. The number of nitrogens with one attached hydrogen (secondary N) is 2. The molecule has 7 heteroatoms. The number of amides is 3. The predicted octanol–water partition coefficient (Wildman–Crippen LogP) is 3.45. The molecule has 2 aromatic rings. The number of nitrogens with zero attached hydrogens (tertiary/aromatic N) is 1. The Hall–Kier alpha value is -2.73. The van der Waals surface area contributed by atoms with Gasteiger partial charge in [-0.3, -0.25) is 4.79 Å². The first-order chi connectivity index (χ1) is 14.0. The molecule has 3 amide bonds. The second-order valence-electron chi connectivity index (χ2n) is 7.95. The maximum atomic E-state index is 12.5. The Labute approximate surface area is 175 Å². The van der Waals surface area contributed by atoms with E-state index in [1.165, 1.54) is 0 Å². The zero-order valence-electron chi connectivity index (χ0n) is 16.3. The average Bonchev–Trinajstić information content (AvgIpc) is 2.67. The van der Waals surface area contributed by atoms with E-state index in [9.17, 15) is 9.59 Å². The van der Waals surface area contributed by atoms with Crippen LogP contribution < -0.4 is 15.4 Å². The van der Waals surface area contributed by atoms with Gasteiger partial charge in [0.1, 0.15) is 5.75 Å². The van der Waals surface area contributed by atoms with E-state index in [2.05, 4.69) is 10.6 Å². The van der Waals surface area contributed by atoms with Gasteiger partial charge in [-0.2, -0.15) is 0 Å². The first-order valence-corrected chi connectivity index (χ1v) is 10.1. The van der Waals surface area contributed by atoms with Crippen molar-refractivity contribution in [3.05, 3.63) is 64.7 Å². The van der Waals surface area contributed by atoms with Gasteiger partial charge >= 0.3 is 6.03 Å². The molecular weight excluding hydrogens is 390 g/mol. The van der Waals surface area contributed by atoms with Gasteiger partial charge in [-0.1, -0.05) is 23.7 Å². The fraction of sp³-hybridized carbons (Fsp3) is 0.364. The maximum Gasteiger partial charge on any atom is 0.315 e. The molecule has 4 rings (SSSR count). The van der Waals surface area contributed by atoms with Crippen LogP contribution in [0.2, 0.25) is 5.02 Å². The average molecular weight is 414 g/mol. The fourth-order valence-corrected chi connectivity index (χ4v) is 4.32.